The molecule has 0 amide bonds. The zero-order valence-corrected chi connectivity index (χ0v) is 20.4. The van der Waals surface area contributed by atoms with Gasteiger partial charge in [-0.25, -0.2) is 0 Å². The molecule has 2 N–H and O–H groups in total. The first-order valence-electron chi connectivity index (χ1n) is 11.8. The molecule has 3 aromatic rings. The van der Waals surface area contributed by atoms with Gasteiger partial charge in [-0.15, -0.1) is 0 Å². The smallest absolute Gasteiger partial charge is 0.418 e. The summed E-state index contributed by atoms with van der Waals surface area (Å²) in [6, 6.07) is 10.5. The highest BCUT2D eigenvalue weighted by Crippen LogP contribution is 2.38. The fraction of sp³-hybridized carbons (Fsp3) is 0.444. The van der Waals surface area contributed by atoms with Gasteiger partial charge in [-0.3, -0.25) is 4.79 Å². The number of nitrogens with one attached hydrogen (secondary N) is 1. The van der Waals surface area contributed by atoms with E-state index in [0.29, 0.717) is 22.4 Å². The number of aliphatic hydroxyl groups is 1. The number of fused-ring (bicyclic) bond motifs is 1. The molecule has 2 heterocycles. The second-order valence-corrected chi connectivity index (χ2v) is 10.2. The van der Waals surface area contributed by atoms with Crippen molar-refractivity contribution in [3.05, 3.63) is 69.4 Å². The van der Waals surface area contributed by atoms with E-state index in [1.54, 1.807) is 19.1 Å². The average Bonchev–Trinajstić information content (AvgIpc) is 2.78. The van der Waals surface area contributed by atoms with Gasteiger partial charge in [0.2, 0.25) is 0 Å². The SMILES string of the molecule is Cc1cc(C(C)Nc2ccccc2C(O)C(F)(F)F)c2oc(N3CCC(C)(C)CC3)cc(=O)c2c1. The number of aliphatic hydroxyl groups excluding tert-OH is 1. The molecule has 2 unspecified atom stereocenters. The van der Waals surface area contributed by atoms with Crippen LogP contribution in [-0.2, 0) is 0 Å². The summed E-state index contributed by atoms with van der Waals surface area (Å²) in [6.45, 7) is 9.65. The van der Waals surface area contributed by atoms with Crippen LogP contribution in [0.2, 0.25) is 0 Å². The number of rotatable bonds is 5. The van der Waals surface area contributed by atoms with Crippen LogP contribution in [-0.4, -0.2) is 24.4 Å². The van der Waals surface area contributed by atoms with E-state index in [1.807, 2.05) is 13.0 Å². The lowest BCUT2D eigenvalue weighted by Gasteiger charge is -2.37. The predicted octanol–water partition coefficient (Wildman–Crippen LogP) is 6.50. The Morgan fingerprint density at radius 1 is 1.09 bits per heavy atom. The first kappa shape index (κ1) is 25.1. The van der Waals surface area contributed by atoms with E-state index in [2.05, 4.69) is 24.1 Å². The van der Waals surface area contributed by atoms with Gasteiger partial charge in [0.1, 0.15) is 5.58 Å². The second-order valence-electron chi connectivity index (χ2n) is 10.2. The van der Waals surface area contributed by atoms with Crippen molar-refractivity contribution >= 4 is 22.5 Å². The van der Waals surface area contributed by atoms with Gasteiger partial charge in [-0.2, -0.15) is 13.2 Å². The van der Waals surface area contributed by atoms with Crippen molar-refractivity contribution < 1.29 is 22.7 Å². The van der Waals surface area contributed by atoms with Gasteiger partial charge < -0.3 is 19.7 Å². The summed E-state index contributed by atoms with van der Waals surface area (Å²) in [6.07, 6.45) is -5.44. The van der Waals surface area contributed by atoms with Crippen LogP contribution in [0.1, 0.15) is 62.4 Å². The first-order chi connectivity index (χ1) is 16.4. The predicted molar refractivity (Wildman–Crippen MR) is 132 cm³/mol. The summed E-state index contributed by atoms with van der Waals surface area (Å²) in [5, 5.41) is 13.4. The average molecular weight is 489 g/mol. The Morgan fingerprint density at radius 2 is 1.74 bits per heavy atom. The third-order valence-corrected chi connectivity index (χ3v) is 6.82. The minimum atomic E-state index is -4.79. The van der Waals surface area contributed by atoms with Crippen LogP contribution in [0.25, 0.3) is 11.0 Å². The molecule has 1 aromatic heterocycles. The fourth-order valence-electron chi connectivity index (χ4n) is 4.59. The van der Waals surface area contributed by atoms with Crippen molar-refractivity contribution in [2.75, 3.05) is 23.3 Å². The number of hydrogen-bond donors (Lipinski definition) is 2. The first-order valence-corrected chi connectivity index (χ1v) is 11.8. The molecule has 0 radical (unpaired) electrons. The van der Waals surface area contributed by atoms with Crippen molar-refractivity contribution in [3.63, 3.8) is 0 Å². The summed E-state index contributed by atoms with van der Waals surface area (Å²) >= 11 is 0. The molecule has 0 aliphatic carbocycles. The minimum absolute atomic E-state index is 0.156. The Bertz CT molecular complexity index is 1270. The van der Waals surface area contributed by atoms with E-state index >= 15 is 0 Å². The molecule has 2 aromatic carbocycles. The van der Waals surface area contributed by atoms with E-state index in [-0.39, 0.29) is 22.1 Å². The molecule has 0 spiro atoms. The molecular weight excluding hydrogens is 457 g/mol. The van der Waals surface area contributed by atoms with Gasteiger partial charge in [0.25, 0.3) is 0 Å². The summed E-state index contributed by atoms with van der Waals surface area (Å²) in [5.74, 6) is 0.503. The highest BCUT2D eigenvalue weighted by molar-refractivity contribution is 5.82. The van der Waals surface area contributed by atoms with Crippen molar-refractivity contribution in [1.29, 1.82) is 0 Å². The number of anilines is 2. The summed E-state index contributed by atoms with van der Waals surface area (Å²) in [7, 11) is 0. The molecule has 188 valence electrons. The summed E-state index contributed by atoms with van der Waals surface area (Å²) < 4.78 is 45.9. The molecular formula is C27H31F3N2O3. The highest BCUT2D eigenvalue weighted by atomic mass is 19.4. The Kier molecular flexibility index (Phi) is 6.62. The van der Waals surface area contributed by atoms with Gasteiger partial charge in [0.15, 0.2) is 17.4 Å². The molecule has 0 saturated carbocycles. The molecule has 1 aliphatic heterocycles. The van der Waals surface area contributed by atoms with Crippen LogP contribution in [0.3, 0.4) is 0 Å². The number of para-hydroxylation sites is 1. The molecule has 1 aliphatic rings. The number of aryl methyl sites for hydroxylation is 1. The molecule has 8 heteroatoms. The Labute approximate surface area is 202 Å². The van der Waals surface area contributed by atoms with E-state index in [0.717, 1.165) is 31.5 Å². The van der Waals surface area contributed by atoms with E-state index in [9.17, 15) is 23.1 Å². The number of nitrogens with zero attached hydrogens (tertiary/aromatic N) is 1. The highest BCUT2D eigenvalue weighted by Gasteiger charge is 2.40. The van der Waals surface area contributed by atoms with Gasteiger partial charge in [0.05, 0.1) is 11.4 Å². The van der Waals surface area contributed by atoms with Crippen LogP contribution in [0.5, 0.6) is 0 Å². The number of alkyl halides is 3. The lowest BCUT2D eigenvalue weighted by Crippen LogP contribution is -2.37. The standard InChI is InChI=1S/C27H31F3N2O3/c1-16-13-19(17(2)31-21-8-6-5-7-18(21)25(34)27(28,29)30)24-20(14-16)22(33)15-23(35-24)32-11-9-26(3,4)10-12-32/h5-8,13-15,17,25,31,34H,9-12H2,1-4H3. The number of hydrogen-bond acceptors (Lipinski definition) is 5. The molecule has 0 bridgehead atoms. The summed E-state index contributed by atoms with van der Waals surface area (Å²) in [4.78, 5) is 15.1. The molecule has 4 rings (SSSR count). The van der Waals surface area contributed by atoms with Crippen molar-refractivity contribution in [1.82, 2.24) is 0 Å². The third kappa shape index (κ3) is 5.32. The molecule has 5 nitrogen and oxygen atoms in total. The third-order valence-electron chi connectivity index (χ3n) is 6.82. The normalized spacial score (nSPS) is 17.9. The molecule has 35 heavy (non-hydrogen) atoms. The lowest BCUT2D eigenvalue weighted by molar-refractivity contribution is -0.206. The van der Waals surface area contributed by atoms with Crippen LogP contribution >= 0.6 is 0 Å². The lowest BCUT2D eigenvalue weighted by atomic mass is 9.83. The topological polar surface area (TPSA) is 65.7 Å². The van der Waals surface area contributed by atoms with Gasteiger partial charge in [-0.1, -0.05) is 38.1 Å². The van der Waals surface area contributed by atoms with Crippen LogP contribution in [0, 0.1) is 12.3 Å². The van der Waals surface area contributed by atoms with Crippen LogP contribution in [0.4, 0.5) is 24.7 Å². The van der Waals surface area contributed by atoms with Crippen LogP contribution in [0.15, 0.2) is 51.7 Å². The quantitative estimate of drug-likeness (QED) is 0.429. The number of benzene rings is 2. The fourth-order valence-corrected chi connectivity index (χ4v) is 4.59. The molecule has 2 atom stereocenters. The van der Waals surface area contributed by atoms with Crippen LogP contribution < -0.4 is 15.6 Å². The maximum absolute atomic E-state index is 13.2. The molecule has 1 fully saturated rings. The Morgan fingerprint density at radius 3 is 2.40 bits per heavy atom. The minimum Gasteiger partial charge on any atom is -0.440 e. The molecule has 1 saturated heterocycles. The van der Waals surface area contributed by atoms with E-state index < -0.39 is 18.3 Å². The van der Waals surface area contributed by atoms with Gasteiger partial charge in [-0.05, 0) is 49.8 Å². The van der Waals surface area contributed by atoms with E-state index in [1.165, 1.54) is 24.3 Å². The summed E-state index contributed by atoms with van der Waals surface area (Å²) in [5.41, 5.74) is 1.89. The maximum Gasteiger partial charge on any atom is 0.418 e. The second kappa shape index (κ2) is 9.22. The Hall–Kier alpha value is -3.00. The van der Waals surface area contributed by atoms with Gasteiger partial charge in [0, 0.05) is 36.0 Å². The monoisotopic (exact) mass is 488 g/mol. The zero-order valence-electron chi connectivity index (χ0n) is 20.4. The van der Waals surface area contributed by atoms with Crippen molar-refractivity contribution in [2.24, 2.45) is 5.41 Å². The van der Waals surface area contributed by atoms with E-state index in [4.69, 9.17) is 4.42 Å². The Balaban J connectivity index is 1.73. The number of halogens is 3. The maximum atomic E-state index is 13.2. The van der Waals surface area contributed by atoms with Gasteiger partial charge >= 0.3 is 6.18 Å². The number of piperidine rings is 1. The largest absolute Gasteiger partial charge is 0.440 e. The van der Waals surface area contributed by atoms with Crippen molar-refractivity contribution in [2.45, 2.75) is 58.9 Å². The van der Waals surface area contributed by atoms with Crippen molar-refractivity contribution in [3.8, 4) is 0 Å². The zero-order chi connectivity index (χ0) is 25.5.